The first-order valence-corrected chi connectivity index (χ1v) is 14.4. The van der Waals surface area contributed by atoms with E-state index in [0.29, 0.717) is 10.4 Å². The molecule has 12 heteroatoms. The number of sulfonamides is 1. The number of alkyl halides is 3. The minimum atomic E-state index is -4.83. The third kappa shape index (κ3) is 7.63. The number of hydrogen-bond donors (Lipinski definition) is 1. The lowest BCUT2D eigenvalue weighted by Gasteiger charge is -2.32. The fourth-order valence-corrected chi connectivity index (χ4v) is 5.55. The van der Waals surface area contributed by atoms with Crippen molar-refractivity contribution >= 4 is 39.1 Å². The van der Waals surface area contributed by atoms with Crippen LogP contribution in [0.3, 0.4) is 0 Å². The maximum Gasteiger partial charge on any atom is 0.417 e. The molecule has 1 N–H and O–H groups in total. The fourth-order valence-electron chi connectivity index (χ4n) is 4.48. The lowest BCUT2D eigenvalue weighted by atomic mass is 10.1. The minimum Gasteiger partial charge on any atom is -0.352 e. The van der Waals surface area contributed by atoms with Crippen molar-refractivity contribution in [1.82, 2.24) is 10.2 Å². The molecular formula is C26H31ClF3N3O4S. The molecule has 0 bridgehead atoms. The largest absolute Gasteiger partial charge is 0.417 e. The van der Waals surface area contributed by atoms with Gasteiger partial charge in [-0.25, -0.2) is 8.42 Å². The number of carbonyl (C=O) groups excluding carboxylic acids is 2. The number of anilines is 1. The zero-order chi connectivity index (χ0) is 28.3. The molecule has 0 saturated heterocycles. The van der Waals surface area contributed by atoms with Gasteiger partial charge in [-0.15, -0.1) is 0 Å². The highest BCUT2D eigenvalue weighted by atomic mass is 35.5. The summed E-state index contributed by atoms with van der Waals surface area (Å²) >= 11 is 5.70. The molecule has 0 aromatic heterocycles. The van der Waals surface area contributed by atoms with E-state index < -0.39 is 45.3 Å². The summed E-state index contributed by atoms with van der Waals surface area (Å²) in [6, 6.07) is 8.96. The van der Waals surface area contributed by atoms with E-state index in [1.165, 1.54) is 4.90 Å². The monoisotopic (exact) mass is 573 g/mol. The number of nitrogens with zero attached hydrogens (tertiary/aromatic N) is 2. The number of benzene rings is 2. The summed E-state index contributed by atoms with van der Waals surface area (Å²) in [5.74, 6) is -1.12. The van der Waals surface area contributed by atoms with Crippen LogP contribution in [0.25, 0.3) is 0 Å². The second-order valence-electron chi connectivity index (χ2n) is 9.61. The second-order valence-corrected chi connectivity index (χ2v) is 11.9. The molecule has 1 saturated carbocycles. The van der Waals surface area contributed by atoms with E-state index in [0.717, 1.165) is 55.2 Å². The van der Waals surface area contributed by atoms with Gasteiger partial charge in [-0.05, 0) is 50.5 Å². The smallest absolute Gasteiger partial charge is 0.352 e. The number of hydrogen-bond acceptors (Lipinski definition) is 4. The Hall–Kier alpha value is -2.79. The molecule has 3 rings (SSSR count). The number of aryl methyl sites for hydroxylation is 1. The van der Waals surface area contributed by atoms with E-state index in [4.69, 9.17) is 11.6 Å². The first-order chi connectivity index (χ1) is 17.7. The average molecular weight is 574 g/mol. The Labute approximate surface area is 226 Å². The summed E-state index contributed by atoms with van der Waals surface area (Å²) in [4.78, 5) is 27.9. The summed E-state index contributed by atoms with van der Waals surface area (Å²) in [6.07, 6.45) is -0.368. The van der Waals surface area contributed by atoms with Crippen LogP contribution in [0.5, 0.6) is 0 Å². The Morgan fingerprint density at radius 2 is 1.79 bits per heavy atom. The van der Waals surface area contributed by atoms with Gasteiger partial charge in [0.2, 0.25) is 21.8 Å². The zero-order valence-corrected chi connectivity index (χ0v) is 23.0. The molecule has 0 unspecified atom stereocenters. The van der Waals surface area contributed by atoms with Crippen molar-refractivity contribution in [2.24, 2.45) is 0 Å². The van der Waals surface area contributed by atoms with Gasteiger partial charge in [0.25, 0.3) is 0 Å². The highest BCUT2D eigenvalue weighted by molar-refractivity contribution is 7.92. The van der Waals surface area contributed by atoms with E-state index in [1.54, 1.807) is 19.1 Å². The van der Waals surface area contributed by atoms with Crippen LogP contribution in [0.1, 0.15) is 49.3 Å². The third-order valence-electron chi connectivity index (χ3n) is 6.53. The van der Waals surface area contributed by atoms with E-state index >= 15 is 0 Å². The first-order valence-electron chi connectivity index (χ1n) is 12.2. The number of carbonyl (C=O) groups is 2. The van der Waals surface area contributed by atoms with Crippen LogP contribution in [0.2, 0.25) is 5.02 Å². The normalized spacial score (nSPS) is 15.2. The molecule has 1 fully saturated rings. The first kappa shape index (κ1) is 29.8. The Bertz CT molecular complexity index is 1280. The molecule has 2 amide bonds. The number of nitrogens with one attached hydrogen (secondary N) is 1. The van der Waals surface area contributed by atoms with Crippen LogP contribution < -0.4 is 9.62 Å². The van der Waals surface area contributed by atoms with Crippen molar-refractivity contribution in [3.63, 3.8) is 0 Å². The van der Waals surface area contributed by atoms with Gasteiger partial charge >= 0.3 is 6.18 Å². The number of halogens is 4. The van der Waals surface area contributed by atoms with Crippen molar-refractivity contribution < 1.29 is 31.2 Å². The van der Waals surface area contributed by atoms with Gasteiger partial charge in [-0.3, -0.25) is 13.9 Å². The molecule has 1 atom stereocenters. The third-order valence-corrected chi connectivity index (χ3v) is 8.00. The topological polar surface area (TPSA) is 86.8 Å². The molecule has 38 heavy (non-hydrogen) atoms. The van der Waals surface area contributed by atoms with Gasteiger partial charge in [-0.1, -0.05) is 54.3 Å². The van der Waals surface area contributed by atoms with Gasteiger partial charge in [0.1, 0.15) is 12.6 Å². The Kier molecular flexibility index (Phi) is 9.35. The SMILES string of the molecule is Cc1cccc(CN(C(=O)CN(c2ccc(Cl)c(C(F)(F)F)c2)S(C)(=O)=O)[C@H](C)C(=O)NC2CCCC2)c1. The van der Waals surface area contributed by atoms with Gasteiger partial charge < -0.3 is 10.2 Å². The quantitative estimate of drug-likeness (QED) is 0.462. The van der Waals surface area contributed by atoms with Crippen molar-refractivity contribution in [3.8, 4) is 0 Å². The lowest BCUT2D eigenvalue weighted by molar-refractivity contribution is -0.139. The lowest BCUT2D eigenvalue weighted by Crippen LogP contribution is -2.52. The molecule has 208 valence electrons. The molecular weight excluding hydrogens is 543 g/mol. The molecule has 1 aliphatic rings. The number of amides is 2. The predicted molar refractivity (Wildman–Crippen MR) is 140 cm³/mol. The standard InChI is InChI=1S/C26H31ClF3N3O4S/c1-17-7-6-8-19(13-17)15-32(18(2)25(35)31-20-9-4-5-10-20)24(34)16-33(38(3,36)37)21-11-12-23(27)22(14-21)26(28,29)30/h6-8,11-14,18,20H,4-5,9-10,15-16H2,1-3H3,(H,31,35)/t18-/m1/s1. The van der Waals surface area contributed by atoms with Crippen LogP contribution in [0.15, 0.2) is 42.5 Å². The van der Waals surface area contributed by atoms with E-state index in [1.807, 2.05) is 19.1 Å². The summed E-state index contributed by atoms with van der Waals surface area (Å²) in [5.41, 5.74) is 0.0574. The van der Waals surface area contributed by atoms with E-state index in [2.05, 4.69) is 5.32 Å². The predicted octanol–water partition coefficient (Wildman–Crippen LogP) is 4.91. The van der Waals surface area contributed by atoms with Crippen LogP contribution in [-0.4, -0.2) is 50.0 Å². The summed E-state index contributed by atoms with van der Waals surface area (Å²) in [5, 5.41) is 2.35. The summed E-state index contributed by atoms with van der Waals surface area (Å²) < 4.78 is 66.2. The molecule has 1 aliphatic carbocycles. The maximum absolute atomic E-state index is 13.6. The Morgan fingerprint density at radius 3 is 2.37 bits per heavy atom. The summed E-state index contributed by atoms with van der Waals surface area (Å²) in [7, 11) is -4.19. The fraction of sp³-hybridized carbons (Fsp3) is 0.462. The average Bonchev–Trinajstić information content (AvgIpc) is 3.32. The van der Waals surface area contributed by atoms with Crippen LogP contribution >= 0.6 is 11.6 Å². The highest BCUT2D eigenvalue weighted by Gasteiger charge is 2.36. The summed E-state index contributed by atoms with van der Waals surface area (Å²) in [6.45, 7) is 2.62. The van der Waals surface area contributed by atoms with Gasteiger partial charge in [-0.2, -0.15) is 13.2 Å². The molecule has 0 heterocycles. The van der Waals surface area contributed by atoms with Crippen molar-refractivity contribution in [2.75, 3.05) is 17.1 Å². The number of rotatable bonds is 9. The minimum absolute atomic E-state index is 0.00301. The van der Waals surface area contributed by atoms with Gasteiger partial charge in [0, 0.05) is 12.6 Å². The zero-order valence-electron chi connectivity index (χ0n) is 21.4. The van der Waals surface area contributed by atoms with Crippen LogP contribution in [-0.2, 0) is 32.3 Å². The van der Waals surface area contributed by atoms with Gasteiger partial charge in [0.15, 0.2) is 0 Å². The highest BCUT2D eigenvalue weighted by Crippen LogP contribution is 2.37. The molecule has 0 aliphatic heterocycles. The molecule has 2 aromatic carbocycles. The van der Waals surface area contributed by atoms with Crippen LogP contribution in [0.4, 0.5) is 18.9 Å². The second kappa shape index (κ2) is 11.9. The molecule has 7 nitrogen and oxygen atoms in total. The van der Waals surface area contributed by atoms with Crippen molar-refractivity contribution in [1.29, 1.82) is 0 Å². The van der Waals surface area contributed by atoms with Crippen LogP contribution in [0, 0.1) is 6.92 Å². The molecule has 2 aromatic rings. The van der Waals surface area contributed by atoms with E-state index in [-0.39, 0.29) is 24.2 Å². The van der Waals surface area contributed by atoms with Crippen molar-refractivity contribution in [2.45, 2.75) is 64.3 Å². The molecule has 0 radical (unpaired) electrons. The van der Waals surface area contributed by atoms with Gasteiger partial charge in [0.05, 0.1) is 22.5 Å². The van der Waals surface area contributed by atoms with E-state index in [9.17, 15) is 31.2 Å². The molecule has 0 spiro atoms. The Morgan fingerprint density at radius 1 is 1.13 bits per heavy atom. The maximum atomic E-state index is 13.6. The van der Waals surface area contributed by atoms with Crippen molar-refractivity contribution in [3.05, 3.63) is 64.2 Å². The Balaban J connectivity index is 1.94.